The van der Waals surface area contributed by atoms with E-state index in [-0.39, 0.29) is 5.91 Å². The molecule has 1 aliphatic rings. The first-order valence-electron chi connectivity index (χ1n) is 7.14. The molecule has 2 heterocycles. The molecule has 2 aromatic rings. The molecule has 3 rings (SSSR count). The summed E-state index contributed by atoms with van der Waals surface area (Å²) in [6.07, 6.45) is 4.75. The van der Waals surface area contributed by atoms with Crippen molar-refractivity contribution >= 4 is 5.91 Å². The molecule has 0 bridgehead atoms. The van der Waals surface area contributed by atoms with E-state index in [0.717, 1.165) is 17.7 Å². The maximum Gasteiger partial charge on any atom is 0.223 e. The van der Waals surface area contributed by atoms with Gasteiger partial charge in [0.25, 0.3) is 0 Å². The van der Waals surface area contributed by atoms with E-state index in [2.05, 4.69) is 10.3 Å². The first-order valence-corrected chi connectivity index (χ1v) is 7.14. The zero-order valence-electron chi connectivity index (χ0n) is 11.8. The van der Waals surface area contributed by atoms with E-state index in [4.69, 9.17) is 4.74 Å². The molecule has 0 aliphatic carbocycles. The average molecular weight is 286 g/mol. The zero-order valence-corrected chi connectivity index (χ0v) is 11.8. The minimum absolute atomic E-state index is 0.207. The summed E-state index contributed by atoms with van der Waals surface area (Å²) in [7, 11) is 0. The molecule has 110 valence electrons. The highest BCUT2D eigenvalue weighted by molar-refractivity contribution is 5.76. The number of morpholine rings is 1. The van der Waals surface area contributed by atoms with Gasteiger partial charge in [-0.05, 0) is 24.1 Å². The van der Waals surface area contributed by atoms with Gasteiger partial charge in [0.05, 0.1) is 31.3 Å². The Bertz CT molecular complexity index is 574. The highest BCUT2D eigenvalue weighted by atomic mass is 16.5. The van der Waals surface area contributed by atoms with Crippen LogP contribution in [-0.2, 0) is 16.0 Å². The molecular weight excluding hydrogens is 268 g/mol. The molecular formula is C15H18N4O2. The van der Waals surface area contributed by atoms with Crippen molar-refractivity contribution in [2.75, 3.05) is 26.3 Å². The largest absolute Gasteiger partial charge is 0.378 e. The number of carbonyl (C=O) groups is 1. The van der Waals surface area contributed by atoms with Gasteiger partial charge in [0.2, 0.25) is 5.91 Å². The molecule has 21 heavy (non-hydrogen) atoms. The minimum Gasteiger partial charge on any atom is -0.378 e. The summed E-state index contributed by atoms with van der Waals surface area (Å²) < 4.78 is 6.96. The Hall–Kier alpha value is -2.21. The van der Waals surface area contributed by atoms with E-state index >= 15 is 0 Å². The Labute approximate surface area is 123 Å². The maximum atomic E-state index is 12.1. The van der Waals surface area contributed by atoms with E-state index in [1.54, 1.807) is 17.1 Å². The number of nitrogens with zero attached hydrogens (tertiary/aromatic N) is 4. The van der Waals surface area contributed by atoms with E-state index in [1.165, 1.54) is 0 Å². The summed E-state index contributed by atoms with van der Waals surface area (Å²) in [6.45, 7) is 2.73. The number of amides is 1. The summed E-state index contributed by atoms with van der Waals surface area (Å²) >= 11 is 0. The second-order valence-electron chi connectivity index (χ2n) is 5.01. The average Bonchev–Trinajstić information content (AvgIpc) is 3.08. The predicted molar refractivity (Wildman–Crippen MR) is 77.1 cm³/mol. The van der Waals surface area contributed by atoms with Gasteiger partial charge in [-0.1, -0.05) is 17.3 Å². The fourth-order valence-corrected chi connectivity index (χ4v) is 2.38. The molecule has 0 radical (unpaired) electrons. The summed E-state index contributed by atoms with van der Waals surface area (Å²) in [4.78, 5) is 14.0. The van der Waals surface area contributed by atoms with Crippen molar-refractivity contribution in [3.8, 4) is 5.69 Å². The van der Waals surface area contributed by atoms with Crippen molar-refractivity contribution in [2.45, 2.75) is 12.8 Å². The van der Waals surface area contributed by atoms with Crippen molar-refractivity contribution in [3.63, 3.8) is 0 Å². The second kappa shape index (κ2) is 6.49. The SMILES string of the molecule is O=C(CCc1ccc(-n2ccnn2)cc1)N1CCOCC1. The van der Waals surface area contributed by atoms with E-state index in [0.29, 0.717) is 32.7 Å². The smallest absolute Gasteiger partial charge is 0.223 e. The number of aromatic nitrogens is 3. The number of hydrogen-bond acceptors (Lipinski definition) is 4. The molecule has 0 N–H and O–H groups in total. The van der Waals surface area contributed by atoms with Crippen molar-refractivity contribution in [1.82, 2.24) is 19.9 Å². The first-order chi connectivity index (χ1) is 10.3. The molecule has 0 unspecified atom stereocenters. The van der Waals surface area contributed by atoms with Crippen molar-refractivity contribution in [2.24, 2.45) is 0 Å². The molecule has 1 saturated heterocycles. The Balaban J connectivity index is 1.54. The van der Waals surface area contributed by atoms with Crippen LogP contribution >= 0.6 is 0 Å². The molecule has 0 saturated carbocycles. The fraction of sp³-hybridized carbons (Fsp3) is 0.400. The summed E-state index contributed by atoms with van der Waals surface area (Å²) in [5.74, 6) is 0.207. The van der Waals surface area contributed by atoms with Gasteiger partial charge in [-0.25, -0.2) is 4.68 Å². The van der Waals surface area contributed by atoms with Gasteiger partial charge in [-0.2, -0.15) is 0 Å². The molecule has 0 spiro atoms. The quantitative estimate of drug-likeness (QED) is 0.843. The van der Waals surface area contributed by atoms with Crippen LogP contribution in [0.3, 0.4) is 0 Å². The van der Waals surface area contributed by atoms with Gasteiger partial charge in [0.1, 0.15) is 0 Å². The Morgan fingerprint density at radius 1 is 1.19 bits per heavy atom. The van der Waals surface area contributed by atoms with Gasteiger partial charge < -0.3 is 9.64 Å². The first kappa shape index (κ1) is 13.8. The standard InChI is InChI=1S/C15H18N4O2/c20-15(18-9-11-21-12-10-18)6-3-13-1-4-14(5-2-13)19-8-7-16-17-19/h1-2,4-5,7-8H,3,6,9-12H2. The van der Waals surface area contributed by atoms with Crippen molar-refractivity contribution in [3.05, 3.63) is 42.2 Å². The summed E-state index contributed by atoms with van der Waals surface area (Å²) in [5.41, 5.74) is 2.12. The van der Waals surface area contributed by atoms with Crippen molar-refractivity contribution < 1.29 is 9.53 Å². The topological polar surface area (TPSA) is 60.2 Å². The van der Waals surface area contributed by atoms with Crippen LogP contribution in [0.15, 0.2) is 36.7 Å². The number of hydrogen-bond donors (Lipinski definition) is 0. The van der Waals surface area contributed by atoms with Gasteiger partial charge in [-0.3, -0.25) is 4.79 Å². The monoisotopic (exact) mass is 286 g/mol. The molecule has 6 heteroatoms. The van der Waals surface area contributed by atoms with Crippen LogP contribution in [0.4, 0.5) is 0 Å². The van der Waals surface area contributed by atoms with E-state index < -0.39 is 0 Å². The van der Waals surface area contributed by atoms with Crippen LogP contribution in [0.1, 0.15) is 12.0 Å². The summed E-state index contributed by atoms with van der Waals surface area (Å²) in [5, 5.41) is 7.73. The van der Waals surface area contributed by atoms with Gasteiger partial charge in [-0.15, -0.1) is 5.10 Å². The lowest BCUT2D eigenvalue weighted by molar-refractivity contribution is -0.135. The highest BCUT2D eigenvalue weighted by Crippen LogP contribution is 2.11. The number of aryl methyl sites for hydroxylation is 1. The molecule has 1 aromatic carbocycles. The van der Waals surface area contributed by atoms with E-state index in [9.17, 15) is 4.79 Å². The Morgan fingerprint density at radius 3 is 2.62 bits per heavy atom. The van der Waals surface area contributed by atoms with Crippen LogP contribution < -0.4 is 0 Å². The number of carbonyl (C=O) groups excluding carboxylic acids is 1. The highest BCUT2D eigenvalue weighted by Gasteiger charge is 2.16. The third kappa shape index (κ3) is 3.46. The summed E-state index contributed by atoms with van der Waals surface area (Å²) in [6, 6.07) is 8.04. The third-order valence-electron chi connectivity index (χ3n) is 3.61. The van der Waals surface area contributed by atoms with Crippen LogP contribution in [0.25, 0.3) is 5.69 Å². The Kier molecular flexibility index (Phi) is 4.25. The number of benzene rings is 1. The maximum absolute atomic E-state index is 12.1. The minimum atomic E-state index is 0.207. The zero-order chi connectivity index (χ0) is 14.5. The lowest BCUT2D eigenvalue weighted by atomic mass is 10.1. The van der Waals surface area contributed by atoms with Crippen LogP contribution in [0, 0.1) is 0 Å². The lowest BCUT2D eigenvalue weighted by Crippen LogP contribution is -2.40. The lowest BCUT2D eigenvalue weighted by Gasteiger charge is -2.26. The van der Waals surface area contributed by atoms with Crippen LogP contribution in [0.5, 0.6) is 0 Å². The third-order valence-corrected chi connectivity index (χ3v) is 3.61. The van der Waals surface area contributed by atoms with Gasteiger partial charge in [0.15, 0.2) is 0 Å². The molecule has 1 aromatic heterocycles. The molecule has 1 fully saturated rings. The normalized spacial score (nSPS) is 15.1. The Morgan fingerprint density at radius 2 is 1.95 bits per heavy atom. The van der Waals surface area contributed by atoms with Crippen LogP contribution in [-0.4, -0.2) is 52.1 Å². The molecule has 1 aliphatic heterocycles. The van der Waals surface area contributed by atoms with Crippen molar-refractivity contribution in [1.29, 1.82) is 0 Å². The fourth-order valence-electron chi connectivity index (χ4n) is 2.38. The predicted octanol–water partition coefficient (Wildman–Crippen LogP) is 1.06. The molecule has 1 amide bonds. The van der Waals surface area contributed by atoms with Gasteiger partial charge in [0, 0.05) is 19.5 Å². The molecule has 6 nitrogen and oxygen atoms in total. The molecule has 0 atom stereocenters. The van der Waals surface area contributed by atoms with Crippen LogP contribution in [0.2, 0.25) is 0 Å². The second-order valence-corrected chi connectivity index (χ2v) is 5.01. The number of ether oxygens (including phenoxy) is 1. The van der Waals surface area contributed by atoms with Gasteiger partial charge >= 0.3 is 0 Å². The van der Waals surface area contributed by atoms with E-state index in [1.807, 2.05) is 29.2 Å². The number of rotatable bonds is 4.